The first-order chi connectivity index (χ1) is 48.9. The van der Waals surface area contributed by atoms with Gasteiger partial charge in [0.2, 0.25) is 11.8 Å². The van der Waals surface area contributed by atoms with Crippen molar-refractivity contribution in [3.63, 3.8) is 0 Å². The molecular formula is C78H146N2O21. The highest BCUT2D eigenvalue weighted by atomic mass is 16.8. The van der Waals surface area contributed by atoms with Gasteiger partial charge in [-0.05, 0) is 19.3 Å². The number of aliphatic carboxylic acids is 1. The molecule has 3 rings (SSSR count). The molecule has 18 atom stereocenters. The zero-order valence-corrected chi connectivity index (χ0v) is 62.8. The first-order valence-electron chi connectivity index (χ1n) is 40.6. The third-order valence-corrected chi connectivity index (χ3v) is 20.7. The number of carbonyl (C=O) groups is 3. The summed E-state index contributed by atoms with van der Waals surface area (Å²) in [5.74, 6) is -6.13. The number of nitrogens with one attached hydrogen (secondary N) is 2. The summed E-state index contributed by atoms with van der Waals surface area (Å²) < 4.78 is 34.9. The van der Waals surface area contributed by atoms with Crippen LogP contribution in [0.5, 0.6) is 0 Å². The summed E-state index contributed by atoms with van der Waals surface area (Å²) in [6, 6.07) is -2.62. The summed E-state index contributed by atoms with van der Waals surface area (Å²) >= 11 is 0. The Kier molecular flexibility index (Phi) is 52.9. The summed E-state index contributed by atoms with van der Waals surface area (Å²) in [6.07, 6.45) is 32.5. The number of allylic oxidation sites excluding steroid dienone is 1. The van der Waals surface area contributed by atoms with Crippen LogP contribution in [0.1, 0.15) is 329 Å². The zero-order chi connectivity index (χ0) is 73.9. The van der Waals surface area contributed by atoms with Crippen molar-refractivity contribution >= 4 is 17.8 Å². The fraction of sp³-hybridized carbons (Fsp3) is 0.936. The maximum absolute atomic E-state index is 13.5. The molecule has 0 aromatic carbocycles. The highest BCUT2D eigenvalue weighted by Crippen LogP contribution is 2.39. The van der Waals surface area contributed by atoms with Crippen LogP contribution in [0.3, 0.4) is 0 Å². The number of hydrogen-bond acceptors (Lipinski definition) is 20. The minimum Gasteiger partial charge on any atom is -0.477 e. The van der Waals surface area contributed by atoms with Gasteiger partial charge in [-0.15, -0.1) is 0 Å². The van der Waals surface area contributed by atoms with E-state index in [1.165, 1.54) is 238 Å². The van der Waals surface area contributed by atoms with Gasteiger partial charge in [0.1, 0.15) is 67.1 Å². The lowest BCUT2D eigenvalue weighted by Crippen LogP contribution is -2.70. The van der Waals surface area contributed by atoms with Crippen molar-refractivity contribution < 1.29 is 104 Å². The molecule has 23 heteroatoms. The Labute approximate surface area is 607 Å². The van der Waals surface area contributed by atoms with Gasteiger partial charge in [-0.2, -0.15) is 0 Å². The lowest BCUT2D eigenvalue weighted by atomic mass is 9.88. The normalized spacial score (nSPS) is 26.8. The van der Waals surface area contributed by atoms with Crippen molar-refractivity contribution in [1.29, 1.82) is 0 Å². The smallest absolute Gasteiger partial charge is 0.364 e. The molecule has 0 aromatic rings. The summed E-state index contributed by atoms with van der Waals surface area (Å²) in [4.78, 5) is 38.7. The minimum atomic E-state index is -3.08. The summed E-state index contributed by atoms with van der Waals surface area (Å²) in [6.45, 7) is 2.20. The lowest BCUT2D eigenvalue weighted by molar-refractivity contribution is -0.386. The topological polar surface area (TPSA) is 373 Å². The number of rotatable bonds is 64. The SMILES string of the molecule is CCCCCCCCCCCCCCCCCCCCC/C=C/C(O)C(COC1OC(CO)C(OC2OC(CO)C(O)C(OC3(C(=O)O)CC(O)C(NC(C)=O)C(C(O)C(O)CO)O3)C2O)C(O)C1O)NC(=O)CCCCCCCCCCCCCCCCCCCCCCCCCCCC. The van der Waals surface area contributed by atoms with E-state index in [4.69, 9.17) is 28.4 Å². The van der Waals surface area contributed by atoms with Crippen LogP contribution in [-0.2, 0) is 42.8 Å². The van der Waals surface area contributed by atoms with Crippen LogP contribution in [0, 0.1) is 0 Å². The first-order valence-corrected chi connectivity index (χ1v) is 40.6. The van der Waals surface area contributed by atoms with E-state index in [1.807, 2.05) is 6.08 Å². The molecule has 14 N–H and O–H groups in total. The Morgan fingerprint density at radius 1 is 0.515 bits per heavy atom. The fourth-order valence-corrected chi connectivity index (χ4v) is 14.3. The van der Waals surface area contributed by atoms with Crippen LogP contribution in [0.2, 0.25) is 0 Å². The number of carboxylic acids is 1. The first kappa shape index (κ1) is 92.7. The molecule has 0 radical (unpaired) electrons. The van der Waals surface area contributed by atoms with Gasteiger partial charge in [-0.1, -0.05) is 302 Å². The second-order valence-corrected chi connectivity index (χ2v) is 29.6. The van der Waals surface area contributed by atoms with Gasteiger partial charge >= 0.3 is 5.97 Å². The van der Waals surface area contributed by atoms with Crippen molar-refractivity contribution in [3.05, 3.63) is 12.2 Å². The molecular weight excluding hydrogens is 1300 g/mol. The fourth-order valence-electron chi connectivity index (χ4n) is 14.3. The largest absolute Gasteiger partial charge is 0.477 e. The number of carboxylic acid groups (broad SMARTS) is 1. The molecule has 0 bridgehead atoms. The highest BCUT2D eigenvalue weighted by molar-refractivity contribution is 5.77. The van der Waals surface area contributed by atoms with Crippen molar-refractivity contribution in [3.8, 4) is 0 Å². The average molecular weight is 1450 g/mol. The van der Waals surface area contributed by atoms with Gasteiger partial charge < -0.3 is 100 Å². The molecule has 3 fully saturated rings. The number of ether oxygens (including phenoxy) is 6. The van der Waals surface area contributed by atoms with Crippen molar-refractivity contribution in [1.82, 2.24) is 10.6 Å². The molecule has 3 saturated heterocycles. The Balaban J connectivity index is 1.52. The van der Waals surface area contributed by atoms with Crippen LogP contribution in [-0.4, -0.2) is 215 Å². The molecule has 3 aliphatic rings. The molecule has 0 aliphatic carbocycles. The van der Waals surface area contributed by atoms with E-state index in [2.05, 4.69) is 24.5 Å². The van der Waals surface area contributed by atoms with Gasteiger partial charge in [0.05, 0.1) is 50.7 Å². The number of aliphatic hydroxyl groups excluding tert-OH is 11. The van der Waals surface area contributed by atoms with E-state index in [1.54, 1.807) is 6.08 Å². The Morgan fingerprint density at radius 2 is 0.921 bits per heavy atom. The van der Waals surface area contributed by atoms with Crippen LogP contribution >= 0.6 is 0 Å². The second kappa shape index (κ2) is 57.6. The van der Waals surface area contributed by atoms with Crippen LogP contribution in [0.4, 0.5) is 0 Å². The number of unbranched alkanes of at least 4 members (excludes halogenated alkanes) is 44. The lowest BCUT2D eigenvalue weighted by Gasteiger charge is -2.50. The number of carbonyl (C=O) groups excluding carboxylic acids is 2. The molecule has 3 heterocycles. The molecule has 101 heavy (non-hydrogen) atoms. The number of hydrogen-bond donors (Lipinski definition) is 14. The van der Waals surface area contributed by atoms with Crippen LogP contribution < -0.4 is 10.6 Å². The molecule has 23 nitrogen and oxygen atoms in total. The van der Waals surface area contributed by atoms with Crippen molar-refractivity contribution in [2.45, 2.75) is 439 Å². The monoisotopic (exact) mass is 1450 g/mol. The summed E-state index contributed by atoms with van der Waals surface area (Å²) in [5, 5.41) is 136. The number of amides is 2. The van der Waals surface area contributed by atoms with Crippen molar-refractivity contribution in [2.24, 2.45) is 0 Å². The van der Waals surface area contributed by atoms with E-state index in [0.717, 1.165) is 51.9 Å². The van der Waals surface area contributed by atoms with Crippen molar-refractivity contribution in [2.75, 3.05) is 26.4 Å². The average Bonchev–Trinajstić information content (AvgIpc) is 0.756. The van der Waals surface area contributed by atoms with E-state index in [9.17, 15) is 75.7 Å². The maximum Gasteiger partial charge on any atom is 0.364 e. The van der Waals surface area contributed by atoms with E-state index >= 15 is 0 Å². The molecule has 3 aliphatic heterocycles. The summed E-state index contributed by atoms with van der Waals surface area (Å²) in [5.41, 5.74) is 0. The van der Waals surface area contributed by atoms with Crippen LogP contribution in [0.15, 0.2) is 12.2 Å². The Morgan fingerprint density at radius 3 is 1.32 bits per heavy atom. The van der Waals surface area contributed by atoms with Gasteiger partial charge in [0.25, 0.3) is 5.79 Å². The van der Waals surface area contributed by atoms with Gasteiger partial charge in [0, 0.05) is 19.8 Å². The minimum absolute atomic E-state index is 0.206. The molecule has 0 aromatic heterocycles. The Hall–Kier alpha value is -2.53. The maximum atomic E-state index is 13.5. The molecule has 2 amide bonds. The van der Waals surface area contributed by atoms with E-state index in [-0.39, 0.29) is 12.3 Å². The Bertz CT molecular complexity index is 2070. The number of aliphatic hydroxyl groups is 11. The standard InChI is InChI=1S/C78H146N2O21/c1-4-6-8-10-12-14-16-18-20-22-24-26-27-28-29-30-32-34-36-38-40-42-44-46-48-50-52-65(88)80-59(60(85)51-49-47-45-43-41-39-37-35-33-31-25-23-21-19-17-15-13-11-9-7-5-2)57-96-75-70(92)69(91)72(64(56-83)98-75)99-76-71(93)74(68(90)63(55-82)97-76)101-78(77(94)95)53-61(86)66(79-58(3)84)73(100-78)67(89)62(87)54-81/h49,51,59-64,66-76,81-83,85-87,89-93H,4-48,50,52-57H2,1-3H3,(H,79,84)(H,80,88)(H,94,95)/b51-49+. The predicted molar refractivity (Wildman–Crippen MR) is 389 cm³/mol. The highest BCUT2D eigenvalue weighted by Gasteiger charge is 2.60. The quantitative estimate of drug-likeness (QED) is 0.0199. The van der Waals surface area contributed by atoms with E-state index < -0.39 is 155 Å². The van der Waals surface area contributed by atoms with Gasteiger partial charge in [-0.25, -0.2) is 4.79 Å². The molecule has 0 saturated carbocycles. The zero-order valence-electron chi connectivity index (χ0n) is 62.8. The molecule has 594 valence electrons. The third-order valence-electron chi connectivity index (χ3n) is 20.7. The third kappa shape index (κ3) is 38.2. The van der Waals surface area contributed by atoms with E-state index in [0.29, 0.717) is 12.8 Å². The molecule has 0 spiro atoms. The van der Waals surface area contributed by atoms with Crippen LogP contribution in [0.25, 0.3) is 0 Å². The second-order valence-electron chi connectivity index (χ2n) is 29.6. The predicted octanol–water partition coefficient (Wildman–Crippen LogP) is 10.6. The van der Waals surface area contributed by atoms with Gasteiger partial charge in [-0.3, -0.25) is 9.59 Å². The molecule has 18 unspecified atom stereocenters. The summed E-state index contributed by atoms with van der Waals surface area (Å²) in [7, 11) is 0. The van der Waals surface area contributed by atoms with Gasteiger partial charge in [0.15, 0.2) is 12.6 Å².